The zero-order chi connectivity index (χ0) is 5.91. The smallest absolute Gasteiger partial charge is 0.262 e. The highest BCUT2D eigenvalue weighted by Crippen LogP contribution is 1.75. The predicted octanol–water partition coefficient (Wildman–Crippen LogP) is -1.06. The normalized spacial score (nSPS) is 11.7. The van der Waals surface area contributed by atoms with Gasteiger partial charge in [0.2, 0.25) is 0 Å². The molecule has 5 nitrogen and oxygen atoms in total. The highest BCUT2D eigenvalue weighted by molar-refractivity contribution is 7.80. The number of hydroxylamine groups is 1. The topological polar surface area (TPSA) is 75.6 Å². The first-order valence-electron chi connectivity index (χ1n) is 1.39. The molecule has 44 valence electrons. The lowest BCUT2D eigenvalue weighted by molar-refractivity contribution is 0.197. The van der Waals surface area contributed by atoms with E-state index in [4.69, 9.17) is 4.55 Å². The molecule has 0 amide bonds. The summed E-state index contributed by atoms with van der Waals surface area (Å²) in [6.07, 6.45) is 0. The fourth-order valence-corrected chi connectivity index (χ4v) is 0.316. The fraction of sp³-hybridized carbons (Fsp3) is 1.00. The van der Waals surface area contributed by atoms with Gasteiger partial charge in [-0.1, -0.05) is 0 Å². The van der Waals surface area contributed by atoms with Crippen molar-refractivity contribution >= 4 is 10.4 Å². The summed E-state index contributed by atoms with van der Waals surface area (Å²) >= 11 is 0. The first-order chi connectivity index (χ1) is 3.06. The van der Waals surface area contributed by atoms with Crippen LogP contribution in [0.15, 0.2) is 0 Å². The van der Waals surface area contributed by atoms with E-state index in [0.29, 0.717) is 0 Å². The molecule has 2 N–H and O–H groups in total. The van der Waals surface area contributed by atoms with Gasteiger partial charge in [0.1, 0.15) is 0 Å². The number of nitrogens with one attached hydrogen (secondary N) is 1. The van der Waals surface area contributed by atoms with Gasteiger partial charge in [0.15, 0.2) is 0 Å². The number of hydrogen-bond acceptors (Lipinski definition) is 4. The molecule has 0 saturated heterocycles. The Morgan fingerprint density at radius 1 is 1.71 bits per heavy atom. The van der Waals surface area contributed by atoms with Gasteiger partial charge in [0, 0.05) is 7.05 Å². The second kappa shape index (κ2) is 2.22. The highest BCUT2D eigenvalue weighted by atomic mass is 32.3. The second-order valence-electron chi connectivity index (χ2n) is 0.715. The summed E-state index contributed by atoms with van der Waals surface area (Å²) in [6, 6.07) is 0. The lowest BCUT2D eigenvalue weighted by Crippen LogP contribution is -2.13. The zero-order valence-corrected chi connectivity index (χ0v) is 4.40. The first-order valence-corrected chi connectivity index (χ1v) is 2.75. The maximum absolute atomic E-state index is 9.50. The van der Waals surface area contributed by atoms with Gasteiger partial charge in [0.05, 0.1) is 0 Å². The summed E-state index contributed by atoms with van der Waals surface area (Å²) in [5.41, 5.74) is 1.77. The Bertz CT molecular complexity index is 125. The van der Waals surface area contributed by atoms with E-state index in [1.807, 2.05) is 0 Å². The molecule has 0 aliphatic heterocycles. The molecule has 0 aromatic rings. The van der Waals surface area contributed by atoms with Crippen molar-refractivity contribution in [1.29, 1.82) is 0 Å². The molecule has 0 aliphatic rings. The Morgan fingerprint density at radius 2 is 2.14 bits per heavy atom. The van der Waals surface area contributed by atoms with E-state index in [-0.39, 0.29) is 0 Å². The van der Waals surface area contributed by atoms with Crippen LogP contribution >= 0.6 is 0 Å². The molecule has 0 atom stereocenters. The third-order valence-corrected chi connectivity index (χ3v) is 0.566. The maximum atomic E-state index is 9.50. The van der Waals surface area contributed by atoms with Gasteiger partial charge < -0.3 is 0 Å². The SMILES string of the molecule is CNOS(=O)(=O)O. The van der Waals surface area contributed by atoms with Crippen LogP contribution in [0, 0.1) is 0 Å². The van der Waals surface area contributed by atoms with E-state index >= 15 is 0 Å². The van der Waals surface area contributed by atoms with Crippen molar-refractivity contribution in [3.05, 3.63) is 0 Å². The maximum Gasteiger partial charge on any atom is 0.413 e. The van der Waals surface area contributed by atoms with Crippen molar-refractivity contribution in [2.45, 2.75) is 0 Å². The average molecular weight is 127 g/mol. The Morgan fingerprint density at radius 3 is 2.14 bits per heavy atom. The molecule has 0 aliphatic carbocycles. The zero-order valence-electron chi connectivity index (χ0n) is 3.58. The third kappa shape index (κ3) is 5.83. The molecule has 0 radical (unpaired) electrons. The number of hydrogen-bond donors (Lipinski definition) is 2. The van der Waals surface area contributed by atoms with Crippen LogP contribution in [0.5, 0.6) is 0 Å². The molecule has 0 aromatic carbocycles. The van der Waals surface area contributed by atoms with Crippen LogP contribution < -0.4 is 5.48 Å². The summed E-state index contributed by atoms with van der Waals surface area (Å²) in [7, 11) is -3.07. The van der Waals surface area contributed by atoms with Crippen molar-refractivity contribution in [3.63, 3.8) is 0 Å². The van der Waals surface area contributed by atoms with Gasteiger partial charge in [-0.25, -0.2) is 0 Å². The van der Waals surface area contributed by atoms with Crippen LogP contribution in [0.1, 0.15) is 0 Å². The molecule has 0 spiro atoms. The molecule has 0 aromatic heterocycles. The highest BCUT2D eigenvalue weighted by Gasteiger charge is 1.98. The van der Waals surface area contributed by atoms with Gasteiger partial charge in [-0.15, -0.1) is 0 Å². The summed E-state index contributed by atoms with van der Waals surface area (Å²) in [5, 5.41) is 0. The van der Waals surface area contributed by atoms with E-state index < -0.39 is 10.4 Å². The molecular formula is CH5NO4S. The summed E-state index contributed by atoms with van der Waals surface area (Å²) in [4.78, 5) is 0. The molecule has 0 saturated carbocycles. The quantitative estimate of drug-likeness (QED) is 0.365. The van der Waals surface area contributed by atoms with E-state index in [1.54, 1.807) is 5.48 Å². The van der Waals surface area contributed by atoms with Crippen molar-refractivity contribution < 1.29 is 17.3 Å². The molecule has 6 heteroatoms. The minimum Gasteiger partial charge on any atom is -0.262 e. The van der Waals surface area contributed by atoms with Gasteiger partial charge in [0.25, 0.3) is 0 Å². The minimum absolute atomic E-state index is 1.22. The Balaban J connectivity index is 3.60. The first kappa shape index (κ1) is 6.83. The Hall–Kier alpha value is -0.170. The van der Waals surface area contributed by atoms with Crippen LogP contribution in [0.4, 0.5) is 0 Å². The summed E-state index contributed by atoms with van der Waals surface area (Å²) in [5.74, 6) is 0. The average Bonchev–Trinajstić information content (AvgIpc) is 1.30. The van der Waals surface area contributed by atoms with Gasteiger partial charge in [-0.05, 0) is 0 Å². The lowest BCUT2D eigenvalue weighted by atomic mass is 11.6. The largest absolute Gasteiger partial charge is 0.413 e. The van der Waals surface area contributed by atoms with Crippen LogP contribution in [0.25, 0.3) is 0 Å². The molecule has 0 fully saturated rings. The van der Waals surface area contributed by atoms with Crippen molar-refractivity contribution in [1.82, 2.24) is 5.48 Å². The lowest BCUT2D eigenvalue weighted by Gasteiger charge is -1.89. The minimum atomic E-state index is -4.29. The summed E-state index contributed by atoms with van der Waals surface area (Å²) in [6.45, 7) is 0. The van der Waals surface area contributed by atoms with Gasteiger partial charge in [-0.2, -0.15) is 18.2 Å². The Labute approximate surface area is 41.2 Å². The Kier molecular flexibility index (Phi) is 2.16. The second-order valence-corrected chi connectivity index (χ2v) is 1.74. The van der Waals surface area contributed by atoms with Crippen LogP contribution in [-0.2, 0) is 14.7 Å². The molecule has 0 rings (SSSR count). The molecular weight excluding hydrogens is 122 g/mol. The van der Waals surface area contributed by atoms with Gasteiger partial charge >= 0.3 is 10.4 Å². The van der Waals surface area contributed by atoms with Crippen LogP contribution in [0.2, 0.25) is 0 Å². The molecule has 0 bridgehead atoms. The molecule has 0 unspecified atom stereocenters. The van der Waals surface area contributed by atoms with Crippen LogP contribution in [-0.4, -0.2) is 20.0 Å². The molecule has 7 heavy (non-hydrogen) atoms. The predicted molar refractivity (Wildman–Crippen MR) is 21.7 cm³/mol. The van der Waals surface area contributed by atoms with E-state index in [2.05, 4.69) is 4.28 Å². The van der Waals surface area contributed by atoms with E-state index in [0.717, 1.165) is 0 Å². The van der Waals surface area contributed by atoms with Crippen molar-refractivity contribution in [3.8, 4) is 0 Å². The standard InChI is InChI=1S/CH5NO4S/c1-2-6-7(3,4)5/h2H,1H3,(H,3,4,5). The molecule has 0 heterocycles. The van der Waals surface area contributed by atoms with Crippen molar-refractivity contribution in [2.75, 3.05) is 7.05 Å². The van der Waals surface area contributed by atoms with E-state index in [1.165, 1.54) is 7.05 Å². The van der Waals surface area contributed by atoms with Crippen molar-refractivity contribution in [2.24, 2.45) is 0 Å². The summed E-state index contributed by atoms with van der Waals surface area (Å²) < 4.78 is 30.2. The third-order valence-electron chi connectivity index (χ3n) is 0.189. The van der Waals surface area contributed by atoms with Crippen LogP contribution in [0.3, 0.4) is 0 Å². The van der Waals surface area contributed by atoms with E-state index in [9.17, 15) is 8.42 Å². The fourth-order valence-electron chi connectivity index (χ4n) is 0.105. The monoisotopic (exact) mass is 127 g/mol. The van der Waals surface area contributed by atoms with Gasteiger partial charge in [-0.3, -0.25) is 4.55 Å². The number of rotatable bonds is 2.